The van der Waals surface area contributed by atoms with E-state index < -0.39 is 6.09 Å². The molecular formula is C6H7NO2S. The molecule has 4 heteroatoms. The van der Waals surface area contributed by atoms with Crippen molar-refractivity contribution in [2.75, 3.05) is 5.32 Å². The molecule has 1 aromatic rings. The first-order valence-electron chi connectivity index (χ1n) is 2.74. The molecule has 0 radical (unpaired) electrons. The fourth-order valence-electron chi connectivity index (χ4n) is 0.630. The van der Waals surface area contributed by atoms with Crippen molar-refractivity contribution in [1.82, 2.24) is 0 Å². The van der Waals surface area contributed by atoms with E-state index in [1.165, 1.54) is 11.3 Å². The van der Waals surface area contributed by atoms with Crippen LogP contribution >= 0.6 is 11.3 Å². The summed E-state index contributed by atoms with van der Waals surface area (Å²) in [4.78, 5) is 11.1. The van der Waals surface area contributed by atoms with E-state index in [-0.39, 0.29) is 0 Å². The normalized spacial score (nSPS) is 9.30. The highest BCUT2D eigenvalue weighted by Crippen LogP contribution is 2.19. The van der Waals surface area contributed by atoms with Gasteiger partial charge in [0.2, 0.25) is 0 Å². The number of nitrogens with one attached hydrogen (secondary N) is 1. The summed E-state index contributed by atoms with van der Waals surface area (Å²) in [5.74, 6) is 0. The van der Waals surface area contributed by atoms with Crippen LogP contribution in [0.5, 0.6) is 0 Å². The highest BCUT2D eigenvalue weighted by molar-refractivity contribution is 7.10. The Labute approximate surface area is 62.3 Å². The van der Waals surface area contributed by atoms with Gasteiger partial charge in [-0.1, -0.05) is 0 Å². The van der Waals surface area contributed by atoms with Gasteiger partial charge in [-0.25, -0.2) is 4.79 Å². The SMILES string of the molecule is Cc1sccc1NC(=O)O. The molecule has 1 aromatic heterocycles. The van der Waals surface area contributed by atoms with E-state index in [0.717, 1.165) is 4.88 Å². The number of hydrogen-bond donors (Lipinski definition) is 2. The van der Waals surface area contributed by atoms with Crippen LogP contribution in [0.1, 0.15) is 4.88 Å². The number of rotatable bonds is 1. The summed E-state index contributed by atoms with van der Waals surface area (Å²) < 4.78 is 0. The van der Waals surface area contributed by atoms with Crippen molar-refractivity contribution < 1.29 is 9.90 Å². The van der Waals surface area contributed by atoms with Crippen molar-refractivity contribution in [2.24, 2.45) is 0 Å². The van der Waals surface area contributed by atoms with Gasteiger partial charge in [0.05, 0.1) is 5.69 Å². The number of carbonyl (C=O) groups is 1. The minimum Gasteiger partial charge on any atom is -0.465 e. The van der Waals surface area contributed by atoms with Crippen molar-refractivity contribution in [3.63, 3.8) is 0 Å². The van der Waals surface area contributed by atoms with Crippen molar-refractivity contribution in [1.29, 1.82) is 0 Å². The van der Waals surface area contributed by atoms with E-state index in [9.17, 15) is 4.79 Å². The molecule has 0 saturated heterocycles. The summed E-state index contributed by atoms with van der Waals surface area (Å²) >= 11 is 1.52. The molecule has 3 nitrogen and oxygen atoms in total. The van der Waals surface area contributed by atoms with Crippen molar-refractivity contribution in [3.8, 4) is 0 Å². The lowest BCUT2D eigenvalue weighted by Gasteiger charge is -1.95. The summed E-state index contributed by atoms with van der Waals surface area (Å²) in [6, 6.07) is 1.74. The van der Waals surface area contributed by atoms with E-state index in [0.29, 0.717) is 5.69 Å². The van der Waals surface area contributed by atoms with Crippen LogP contribution in [0.3, 0.4) is 0 Å². The van der Waals surface area contributed by atoms with E-state index in [1.54, 1.807) is 6.07 Å². The molecular weight excluding hydrogens is 150 g/mol. The third-order valence-corrected chi connectivity index (χ3v) is 1.95. The van der Waals surface area contributed by atoms with Gasteiger partial charge in [-0.2, -0.15) is 0 Å². The van der Waals surface area contributed by atoms with Crippen LogP contribution < -0.4 is 5.32 Å². The smallest absolute Gasteiger partial charge is 0.409 e. The molecule has 0 saturated carbocycles. The van der Waals surface area contributed by atoms with Gasteiger partial charge in [0.15, 0.2) is 0 Å². The first kappa shape index (κ1) is 7.08. The second-order valence-electron chi connectivity index (χ2n) is 1.82. The number of aryl methyl sites for hydroxylation is 1. The first-order valence-corrected chi connectivity index (χ1v) is 3.62. The Hall–Kier alpha value is -1.03. The lowest BCUT2D eigenvalue weighted by atomic mass is 10.4. The molecule has 0 aliphatic carbocycles. The molecule has 2 N–H and O–H groups in total. The Morgan fingerprint density at radius 3 is 2.90 bits per heavy atom. The van der Waals surface area contributed by atoms with Crippen molar-refractivity contribution in [3.05, 3.63) is 16.3 Å². The maximum atomic E-state index is 10.1. The molecule has 0 bridgehead atoms. The monoisotopic (exact) mass is 157 g/mol. The van der Waals surface area contributed by atoms with Crippen LogP contribution in [0, 0.1) is 6.92 Å². The predicted octanol–water partition coefficient (Wildman–Crippen LogP) is 2.15. The largest absolute Gasteiger partial charge is 0.465 e. The predicted molar refractivity (Wildman–Crippen MR) is 40.7 cm³/mol. The van der Waals surface area contributed by atoms with E-state index >= 15 is 0 Å². The molecule has 0 atom stereocenters. The summed E-state index contributed by atoms with van der Waals surface area (Å²) in [5, 5.41) is 12.4. The standard InChI is InChI=1S/C6H7NO2S/c1-4-5(2-3-10-4)7-6(8)9/h2-3,7H,1H3,(H,8,9). The van der Waals surface area contributed by atoms with Crippen molar-refractivity contribution in [2.45, 2.75) is 6.92 Å². The van der Waals surface area contributed by atoms with E-state index in [4.69, 9.17) is 5.11 Å². The molecule has 1 heterocycles. The van der Waals surface area contributed by atoms with Gasteiger partial charge in [-0.05, 0) is 18.4 Å². The minimum atomic E-state index is -1.01. The highest BCUT2D eigenvalue weighted by atomic mass is 32.1. The highest BCUT2D eigenvalue weighted by Gasteiger charge is 2.00. The van der Waals surface area contributed by atoms with E-state index in [2.05, 4.69) is 5.32 Å². The summed E-state index contributed by atoms with van der Waals surface area (Å²) in [6.07, 6.45) is -1.01. The molecule has 10 heavy (non-hydrogen) atoms. The lowest BCUT2D eigenvalue weighted by Crippen LogP contribution is -2.06. The second-order valence-corrected chi connectivity index (χ2v) is 2.94. The van der Waals surface area contributed by atoms with Crippen LogP contribution in [0.25, 0.3) is 0 Å². The molecule has 0 aliphatic heterocycles. The van der Waals surface area contributed by atoms with Crippen LogP contribution in [0.4, 0.5) is 10.5 Å². The topological polar surface area (TPSA) is 49.3 Å². The summed E-state index contributed by atoms with van der Waals surface area (Å²) in [5.41, 5.74) is 0.678. The Morgan fingerprint density at radius 1 is 1.80 bits per heavy atom. The van der Waals surface area contributed by atoms with Crippen LogP contribution in [0.2, 0.25) is 0 Å². The molecule has 0 aromatic carbocycles. The summed E-state index contributed by atoms with van der Waals surface area (Å²) in [6.45, 7) is 1.87. The second kappa shape index (κ2) is 2.70. The number of anilines is 1. The van der Waals surface area contributed by atoms with Gasteiger partial charge < -0.3 is 5.11 Å². The average Bonchev–Trinajstić information content (AvgIpc) is 2.15. The van der Waals surface area contributed by atoms with Gasteiger partial charge in [-0.3, -0.25) is 5.32 Å². The third kappa shape index (κ3) is 1.48. The maximum absolute atomic E-state index is 10.1. The number of amides is 1. The molecule has 0 aliphatic rings. The van der Waals surface area contributed by atoms with Gasteiger partial charge in [0.1, 0.15) is 0 Å². The fourth-order valence-corrected chi connectivity index (χ4v) is 1.28. The molecule has 1 rings (SSSR count). The summed E-state index contributed by atoms with van der Waals surface area (Å²) in [7, 11) is 0. The lowest BCUT2D eigenvalue weighted by molar-refractivity contribution is 0.209. The number of carboxylic acid groups (broad SMARTS) is 1. The molecule has 54 valence electrons. The Morgan fingerprint density at radius 2 is 2.50 bits per heavy atom. The third-order valence-electron chi connectivity index (χ3n) is 1.10. The molecule has 0 fully saturated rings. The van der Waals surface area contributed by atoms with Crippen LogP contribution in [0.15, 0.2) is 11.4 Å². The van der Waals surface area contributed by atoms with Crippen LogP contribution in [-0.4, -0.2) is 11.2 Å². The van der Waals surface area contributed by atoms with Gasteiger partial charge in [0, 0.05) is 4.88 Å². The zero-order chi connectivity index (χ0) is 7.56. The van der Waals surface area contributed by atoms with Gasteiger partial charge >= 0.3 is 6.09 Å². The van der Waals surface area contributed by atoms with Gasteiger partial charge in [0.25, 0.3) is 0 Å². The zero-order valence-electron chi connectivity index (χ0n) is 5.42. The van der Waals surface area contributed by atoms with Crippen molar-refractivity contribution >= 4 is 23.1 Å². The fraction of sp³-hybridized carbons (Fsp3) is 0.167. The van der Waals surface area contributed by atoms with Crippen LogP contribution in [-0.2, 0) is 0 Å². The zero-order valence-corrected chi connectivity index (χ0v) is 6.23. The average molecular weight is 157 g/mol. The molecule has 1 amide bonds. The molecule has 0 spiro atoms. The van der Waals surface area contributed by atoms with E-state index in [1.807, 2.05) is 12.3 Å². The first-order chi connectivity index (χ1) is 4.70. The van der Waals surface area contributed by atoms with Gasteiger partial charge in [-0.15, -0.1) is 11.3 Å². The number of hydrogen-bond acceptors (Lipinski definition) is 2. The Balaban J connectivity index is 2.74. The molecule has 0 unspecified atom stereocenters. The quantitative estimate of drug-likeness (QED) is 0.656. The number of thiophene rings is 1. The Kier molecular flexibility index (Phi) is 1.91. The Bertz CT molecular complexity index is 244. The maximum Gasteiger partial charge on any atom is 0.409 e. The minimum absolute atomic E-state index is 0.678.